The number of amides is 2. The average Bonchev–Trinajstić information content (AvgIpc) is 2.78. The van der Waals surface area contributed by atoms with Crippen LogP contribution >= 0.6 is 0 Å². The fourth-order valence-corrected chi connectivity index (χ4v) is 2.57. The fourth-order valence-electron chi connectivity index (χ4n) is 2.57. The first-order valence-electron chi connectivity index (χ1n) is 9.40. The van der Waals surface area contributed by atoms with Crippen molar-refractivity contribution in [2.75, 3.05) is 5.32 Å². The highest BCUT2D eigenvalue weighted by atomic mass is 16.5. The minimum absolute atomic E-state index is 0.0584. The molecule has 0 aliphatic rings. The van der Waals surface area contributed by atoms with Crippen molar-refractivity contribution in [3.05, 3.63) is 90.3 Å². The van der Waals surface area contributed by atoms with Crippen molar-refractivity contribution >= 4 is 23.2 Å². The van der Waals surface area contributed by atoms with Gasteiger partial charge in [0.2, 0.25) is 5.91 Å². The lowest BCUT2D eigenvalue weighted by Crippen LogP contribution is -2.21. The van der Waals surface area contributed by atoms with Gasteiger partial charge in [0.1, 0.15) is 12.4 Å². The number of pyridine rings is 1. The second-order valence-corrected chi connectivity index (χ2v) is 6.55. The molecule has 0 unspecified atom stereocenters. The Bertz CT molecular complexity index is 1000. The van der Waals surface area contributed by atoms with Gasteiger partial charge in [-0.15, -0.1) is 0 Å². The van der Waals surface area contributed by atoms with Crippen LogP contribution in [0.1, 0.15) is 29.3 Å². The zero-order valence-electron chi connectivity index (χ0n) is 16.5. The quantitative estimate of drug-likeness (QED) is 0.443. The Balaban J connectivity index is 1.45. The average molecular weight is 402 g/mol. The van der Waals surface area contributed by atoms with Gasteiger partial charge in [0.05, 0.1) is 6.42 Å². The molecule has 152 valence electrons. The zero-order chi connectivity index (χ0) is 21.2. The number of benzene rings is 2. The lowest BCUT2D eigenvalue weighted by atomic mass is 10.2. The molecule has 7 nitrogen and oxygen atoms in total. The van der Waals surface area contributed by atoms with E-state index < -0.39 is 0 Å². The van der Waals surface area contributed by atoms with Crippen molar-refractivity contribution in [3.63, 3.8) is 0 Å². The summed E-state index contributed by atoms with van der Waals surface area (Å²) in [7, 11) is 0. The molecule has 0 aliphatic carbocycles. The van der Waals surface area contributed by atoms with E-state index >= 15 is 0 Å². The van der Waals surface area contributed by atoms with Crippen LogP contribution in [-0.2, 0) is 11.4 Å². The molecule has 0 spiro atoms. The molecule has 30 heavy (non-hydrogen) atoms. The van der Waals surface area contributed by atoms with Gasteiger partial charge in [-0.25, -0.2) is 5.43 Å². The van der Waals surface area contributed by atoms with Gasteiger partial charge in [-0.1, -0.05) is 30.3 Å². The first kappa shape index (κ1) is 20.7. The fraction of sp³-hybridized carbons (Fsp3) is 0.130. The number of hydrogen-bond acceptors (Lipinski definition) is 5. The molecule has 2 N–H and O–H groups in total. The van der Waals surface area contributed by atoms with Crippen LogP contribution in [0.25, 0.3) is 0 Å². The summed E-state index contributed by atoms with van der Waals surface area (Å²) in [4.78, 5) is 28.0. The summed E-state index contributed by atoms with van der Waals surface area (Å²) >= 11 is 0. The van der Waals surface area contributed by atoms with Crippen LogP contribution in [0.15, 0.2) is 84.2 Å². The van der Waals surface area contributed by atoms with Crippen LogP contribution in [0.3, 0.4) is 0 Å². The molecule has 3 rings (SSSR count). The maximum atomic E-state index is 12.2. The van der Waals surface area contributed by atoms with Crippen LogP contribution in [0, 0.1) is 0 Å². The van der Waals surface area contributed by atoms with E-state index in [0.717, 1.165) is 5.56 Å². The van der Waals surface area contributed by atoms with Gasteiger partial charge in [0.15, 0.2) is 0 Å². The van der Waals surface area contributed by atoms with Crippen LogP contribution in [0.4, 0.5) is 5.69 Å². The van der Waals surface area contributed by atoms with Crippen molar-refractivity contribution in [2.45, 2.75) is 20.0 Å². The Morgan fingerprint density at radius 3 is 2.37 bits per heavy atom. The van der Waals surface area contributed by atoms with E-state index in [1.165, 1.54) is 12.4 Å². The van der Waals surface area contributed by atoms with E-state index in [2.05, 4.69) is 20.8 Å². The number of hydrogen-bond donors (Lipinski definition) is 2. The Kier molecular flexibility index (Phi) is 7.27. The highest BCUT2D eigenvalue weighted by Crippen LogP contribution is 2.17. The SMILES string of the molecule is CC(CC(=O)Nc1ccc(OCc2ccccc2)cc1)=NNC(=O)c1ccncc1. The minimum Gasteiger partial charge on any atom is -0.489 e. The third-order valence-electron chi connectivity index (χ3n) is 4.09. The highest BCUT2D eigenvalue weighted by molar-refractivity contribution is 6.06. The maximum absolute atomic E-state index is 12.2. The third kappa shape index (κ3) is 6.56. The molecular formula is C23H22N4O3. The van der Waals surface area contributed by atoms with E-state index in [4.69, 9.17) is 4.74 Å². The summed E-state index contributed by atoms with van der Waals surface area (Å²) in [6.45, 7) is 2.15. The van der Waals surface area contributed by atoms with Crippen molar-refractivity contribution in [1.29, 1.82) is 0 Å². The highest BCUT2D eigenvalue weighted by Gasteiger charge is 2.07. The van der Waals surface area contributed by atoms with E-state index in [9.17, 15) is 9.59 Å². The number of carbonyl (C=O) groups is 2. The summed E-state index contributed by atoms with van der Waals surface area (Å²) < 4.78 is 5.73. The van der Waals surface area contributed by atoms with E-state index in [1.54, 1.807) is 43.3 Å². The summed E-state index contributed by atoms with van der Waals surface area (Å²) in [6, 6.07) is 20.2. The predicted molar refractivity (Wildman–Crippen MR) is 115 cm³/mol. The zero-order valence-corrected chi connectivity index (χ0v) is 16.5. The van der Waals surface area contributed by atoms with Crippen LogP contribution in [0.2, 0.25) is 0 Å². The number of hydrazone groups is 1. The van der Waals surface area contributed by atoms with Gasteiger partial charge in [-0.3, -0.25) is 14.6 Å². The Labute approximate surface area is 174 Å². The molecule has 0 saturated carbocycles. The molecule has 0 radical (unpaired) electrons. The first-order chi connectivity index (χ1) is 14.6. The third-order valence-corrected chi connectivity index (χ3v) is 4.09. The second kappa shape index (κ2) is 10.5. The number of aromatic nitrogens is 1. The topological polar surface area (TPSA) is 92.7 Å². The monoisotopic (exact) mass is 402 g/mol. The second-order valence-electron chi connectivity index (χ2n) is 6.55. The van der Waals surface area contributed by atoms with E-state index in [1.807, 2.05) is 30.3 Å². The lowest BCUT2D eigenvalue weighted by Gasteiger charge is -2.09. The molecule has 0 atom stereocenters. The molecule has 1 aromatic heterocycles. The van der Waals surface area contributed by atoms with Gasteiger partial charge in [0, 0.05) is 29.4 Å². The maximum Gasteiger partial charge on any atom is 0.271 e. The van der Waals surface area contributed by atoms with Gasteiger partial charge in [0.25, 0.3) is 5.91 Å². The largest absolute Gasteiger partial charge is 0.489 e. The molecule has 0 saturated heterocycles. The number of nitrogens with zero attached hydrogens (tertiary/aromatic N) is 2. The summed E-state index contributed by atoms with van der Waals surface area (Å²) in [5.74, 6) is 0.129. The van der Waals surface area contributed by atoms with Crippen molar-refractivity contribution in [2.24, 2.45) is 5.10 Å². The molecule has 3 aromatic rings. The first-order valence-corrected chi connectivity index (χ1v) is 9.40. The normalized spacial score (nSPS) is 10.9. The molecule has 7 heteroatoms. The minimum atomic E-state index is -0.358. The van der Waals surface area contributed by atoms with Crippen molar-refractivity contribution in [3.8, 4) is 5.75 Å². The Morgan fingerprint density at radius 1 is 0.967 bits per heavy atom. The van der Waals surface area contributed by atoms with Crippen LogP contribution in [0.5, 0.6) is 5.75 Å². The van der Waals surface area contributed by atoms with Crippen molar-refractivity contribution < 1.29 is 14.3 Å². The standard InChI is InChI=1S/C23H22N4O3/c1-17(26-27-23(29)19-11-13-24-14-12-19)15-22(28)25-20-7-9-21(10-8-20)30-16-18-5-3-2-4-6-18/h2-14H,15-16H2,1H3,(H,25,28)(H,27,29). The Morgan fingerprint density at radius 2 is 1.67 bits per heavy atom. The smallest absolute Gasteiger partial charge is 0.271 e. The molecule has 0 fully saturated rings. The van der Waals surface area contributed by atoms with Gasteiger partial charge >= 0.3 is 0 Å². The van der Waals surface area contributed by atoms with Crippen molar-refractivity contribution in [1.82, 2.24) is 10.4 Å². The molecule has 2 amide bonds. The summed E-state index contributed by atoms with van der Waals surface area (Å²) in [5.41, 5.74) is 5.09. The number of carbonyl (C=O) groups excluding carboxylic acids is 2. The Hall–Kier alpha value is -4.00. The number of ether oxygens (including phenoxy) is 1. The number of anilines is 1. The number of nitrogens with one attached hydrogen (secondary N) is 2. The van der Waals surface area contributed by atoms with Gasteiger partial charge in [-0.05, 0) is 48.9 Å². The molecule has 2 aromatic carbocycles. The molecule has 0 bridgehead atoms. The van der Waals surface area contributed by atoms with E-state index in [-0.39, 0.29) is 18.2 Å². The van der Waals surface area contributed by atoms with Crippen LogP contribution in [-0.4, -0.2) is 22.5 Å². The molecule has 0 aliphatic heterocycles. The molecular weight excluding hydrogens is 380 g/mol. The van der Waals surface area contributed by atoms with Gasteiger partial charge < -0.3 is 10.1 Å². The van der Waals surface area contributed by atoms with Crippen LogP contribution < -0.4 is 15.5 Å². The van der Waals surface area contributed by atoms with E-state index in [0.29, 0.717) is 29.3 Å². The lowest BCUT2D eigenvalue weighted by molar-refractivity contribution is -0.115. The summed E-state index contributed by atoms with van der Waals surface area (Å²) in [6.07, 6.45) is 3.11. The predicted octanol–water partition coefficient (Wildman–Crippen LogP) is 3.80. The molecule has 1 heterocycles. The number of rotatable bonds is 8. The summed E-state index contributed by atoms with van der Waals surface area (Å²) in [5, 5.41) is 6.76. The van der Waals surface area contributed by atoms with Gasteiger partial charge in [-0.2, -0.15) is 5.10 Å².